The van der Waals surface area contributed by atoms with E-state index < -0.39 is 11.9 Å². The lowest BCUT2D eigenvalue weighted by atomic mass is 10.1. The predicted molar refractivity (Wildman–Crippen MR) is 117 cm³/mol. The van der Waals surface area contributed by atoms with Gasteiger partial charge in [-0.05, 0) is 36.1 Å². The van der Waals surface area contributed by atoms with Crippen LogP contribution in [0.4, 0.5) is 5.69 Å². The van der Waals surface area contributed by atoms with Gasteiger partial charge >= 0.3 is 5.97 Å². The number of ether oxygens (including phenoxy) is 2. The van der Waals surface area contributed by atoms with Gasteiger partial charge in [0.05, 0.1) is 13.0 Å². The highest BCUT2D eigenvalue weighted by Crippen LogP contribution is 2.29. The summed E-state index contributed by atoms with van der Waals surface area (Å²) in [6.07, 6.45) is 1.49. The molecule has 2 aromatic carbocycles. The minimum Gasteiger partial charge on any atom is -0.496 e. The molecule has 7 heteroatoms. The van der Waals surface area contributed by atoms with Gasteiger partial charge in [-0.3, -0.25) is 14.4 Å². The van der Waals surface area contributed by atoms with Crippen LogP contribution in [0.15, 0.2) is 48.5 Å². The van der Waals surface area contributed by atoms with Crippen molar-refractivity contribution in [2.75, 3.05) is 31.7 Å². The van der Waals surface area contributed by atoms with Crippen LogP contribution in [-0.4, -0.2) is 44.6 Å². The molecule has 2 amide bonds. The molecule has 31 heavy (non-hydrogen) atoms. The first kappa shape index (κ1) is 22.3. The average Bonchev–Trinajstić information content (AvgIpc) is 3.19. The summed E-state index contributed by atoms with van der Waals surface area (Å²) in [7, 11) is 1.60. The normalized spacial score (nSPS) is 15.6. The van der Waals surface area contributed by atoms with E-state index in [0.29, 0.717) is 13.0 Å². The Labute approximate surface area is 182 Å². The Bertz CT molecular complexity index is 943. The molecule has 7 nitrogen and oxygen atoms in total. The molecule has 1 saturated heterocycles. The zero-order valence-corrected chi connectivity index (χ0v) is 17.9. The van der Waals surface area contributed by atoms with E-state index in [1.807, 2.05) is 55.5 Å². The SMILES string of the molecule is CCc1ccccc1N1C[C@@H](C(=O)OCC(=O)NCCc2ccccc2OC)CC1=O. The fourth-order valence-corrected chi connectivity index (χ4v) is 3.72. The second-order valence-electron chi connectivity index (χ2n) is 7.41. The van der Waals surface area contributed by atoms with Gasteiger partial charge in [-0.2, -0.15) is 0 Å². The van der Waals surface area contributed by atoms with Crippen LogP contribution in [0.25, 0.3) is 0 Å². The fraction of sp³-hybridized carbons (Fsp3) is 0.375. The Morgan fingerprint density at radius 1 is 1.10 bits per heavy atom. The first-order valence-corrected chi connectivity index (χ1v) is 10.5. The molecule has 1 fully saturated rings. The van der Waals surface area contributed by atoms with Crippen molar-refractivity contribution in [2.24, 2.45) is 5.92 Å². The highest BCUT2D eigenvalue weighted by atomic mass is 16.5. The van der Waals surface area contributed by atoms with Crippen molar-refractivity contribution in [1.82, 2.24) is 5.32 Å². The standard InChI is InChI=1S/C24H28N2O5/c1-3-17-8-4-6-10-20(17)26-15-19(14-23(26)28)24(29)31-16-22(27)25-13-12-18-9-5-7-11-21(18)30-2/h4-11,19H,3,12-16H2,1-2H3,(H,25,27)/t19-/m0/s1. The topological polar surface area (TPSA) is 84.9 Å². The molecule has 2 aromatic rings. The molecule has 0 radical (unpaired) electrons. The number of esters is 1. The van der Waals surface area contributed by atoms with Gasteiger partial charge in [-0.15, -0.1) is 0 Å². The number of aryl methyl sites for hydroxylation is 1. The molecule has 0 bridgehead atoms. The number of anilines is 1. The Balaban J connectivity index is 1.45. The molecular formula is C24H28N2O5. The molecule has 0 aromatic heterocycles. The van der Waals surface area contributed by atoms with Gasteiger partial charge in [0.15, 0.2) is 6.61 Å². The minimum absolute atomic E-state index is 0.0896. The molecule has 0 unspecified atom stereocenters. The average molecular weight is 424 g/mol. The Hall–Kier alpha value is -3.35. The number of carbonyl (C=O) groups excluding carboxylic acids is 3. The summed E-state index contributed by atoms with van der Waals surface area (Å²) in [6.45, 7) is 2.34. The third kappa shape index (κ3) is 5.63. The Kier molecular flexibility index (Phi) is 7.65. The molecule has 0 saturated carbocycles. The molecular weight excluding hydrogens is 396 g/mol. The zero-order chi connectivity index (χ0) is 22.2. The van der Waals surface area contributed by atoms with Gasteiger partial charge in [0.2, 0.25) is 5.91 Å². The maximum absolute atomic E-state index is 12.5. The Morgan fingerprint density at radius 2 is 1.81 bits per heavy atom. The minimum atomic E-state index is -0.571. The first-order chi connectivity index (χ1) is 15.0. The zero-order valence-electron chi connectivity index (χ0n) is 17.9. The van der Waals surface area contributed by atoms with Crippen LogP contribution < -0.4 is 15.0 Å². The number of amides is 2. The summed E-state index contributed by atoms with van der Waals surface area (Å²) in [6, 6.07) is 15.3. The molecule has 1 heterocycles. The maximum Gasteiger partial charge on any atom is 0.311 e. The summed E-state index contributed by atoms with van der Waals surface area (Å²) >= 11 is 0. The third-order valence-electron chi connectivity index (χ3n) is 5.38. The Morgan fingerprint density at radius 3 is 2.55 bits per heavy atom. The quantitative estimate of drug-likeness (QED) is 0.626. The summed E-state index contributed by atoms with van der Waals surface area (Å²) < 4.78 is 10.5. The van der Waals surface area contributed by atoms with Crippen LogP contribution in [0, 0.1) is 5.92 Å². The molecule has 3 rings (SSSR count). The molecule has 1 N–H and O–H groups in total. The van der Waals surface area contributed by atoms with Crippen molar-refractivity contribution in [3.63, 3.8) is 0 Å². The van der Waals surface area contributed by atoms with Crippen LogP contribution in [0.5, 0.6) is 5.75 Å². The van der Waals surface area contributed by atoms with E-state index in [4.69, 9.17) is 9.47 Å². The van der Waals surface area contributed by atoms with E-state index in [2.05, 4.69) is 5.32 Å². The van der Waals surface area contributed by atoms with Crippen molar-refractivity contribution in [2.45, 2.75) is 26.2 Å². The predicted octanol–water partition coefficient (Wildman–Crippen LogP) is 2.51. The number of hydrogen-bond acceptors (Lipinski definition) is 5. The monoisotopic (exact) mass is 424 g/mol. The van der Waals surface area contributed by atoms with Crippen LogP contribution >= 0.6 is 0 Å². The van der Waals surface area contributed by atoms with Crippen LogP contribution in [0.1, 0.15) is 24.5 Å². The van der Waals surface area contributed by atoms with Gasteiger partial charge in [-0.25, -0.2) is 0 Å². The molecule has 0 aliphatic carbocycles. The fourth-order valence-electron chi connectivity index (χ4n) is 3.72. The number of nitrogens with one attached hydrogen (secondary N) is 1. The molecule has 164 valence electrons. The lowest BCUT2D eigenvalue weighted by Gasteiger charge is -2.19. The van der Waals surface area contributed by atoms with Crippen molar-refractivity contribution in [3.8, 4) is 5.75 Å². The second-order valence-corrected chi connectivity index (χ2v) is 7.41. The number of benzene rings is 2. The van der Waals surface area contributed by atoms with E-state index in [1.165, 1.54) is 0 Å². The van der Waals surface area contributed by atoms with Crippen molar-refractivity contribution in [1.29, 1.82) is 0 Å². The van der Waals surface area contributed by atoms with E-state index in [0.717, 1.165) is 29.0 Å². The van der Waals surface area contributed by atoms with Crippen molar-refractivity contribution in [3.05, 3.63) is 59.7 Å². The number of hydrogen-bond donors (Lipinski definition) is 1. The van der Waals surface area contributed by atoms with Gasteiger partial charge in [0.1, 0.15) is 5.75 Å². The van der Waals surface area contributed by atoms with Crippen LogP contribution in [-0.2, 0) is 32.0 Å². The number of carbonyl (C=O) groups is 3. The van der Waals surface area contributed by atoms with Crippen molar-refractivity contribution < 1.29 is 23.9 Å². The number of rotatable bonds is 9. The summed E-state index contributed by atoms with van der Waals surface area (Å²) in [5.74, 6) is -0.809. The molecule has 1 aliphatic rings. The highest BCUT2D eigenvalue weighted by molar-refractivity contribution is 6.00. The third-order valence-corrected chi connectivity index (χ3v) is 5.38. The van der Waals surface area contributed by atoms with E-state index in [-0.39, 0.29) is 31.4 Å². The largest absolute Gasteiger partial charge is 0.496 e. The smallest absolute Gasteiger partial charge is 0.311 e. The van der Waals surface area contributed by atoms with Gasteiger partial charge in [0.25, 0.3) is 5.91 Å². The molecule has 1 atom stereocenters. The van der Waals surface area contributed by atoms with E-state index >= 15 is 0 Å². The first-order valence-electron chi connectivity index (χ1n) is 10.5. The van der Waals surface area contributed by atoms with Crippen LogP contribution in [0.3, 0.4) is 0 Å². The van der Waals surface area contributed by atoms with Gasteiger partial charge in [0, 0.05) is 25.2 Å². The summed E-state index contributed by atoms with van der Waals surface area (Å²) in [4.78, 5) is 38.5. The van der Waals surface area contributed by atoms with Crippen molar-refractivity contribution >= 4 is 23.5 Å². The lowest BCUT2D eigenvalue weighted by molar-refractivity contribution is -0.152. The van der Waals surface area contributed by atoms with Gasteiger partial charge in [-0.1, -0.05) is 43.3 Å². The summed E-state index contributed by atoms with van der Waals surface area (Å²) in [5.41, 5.74) is 2.87. The molecule has 1 aliphatic heterocycles. The maximum atomic E-state index is 12.5. The highest BCUT2D eigenvalue weighted by Gasteiger charge is 2.36. The van der Waals surface area contributed by atoms with Gasteiger partial charge < -0.3 is 19.7 Å². The van der Waals surface area contributed by atoms with E-state index in [9.17, 15) is 14.4 Å². The van der Waals surface area contributed by atoms with E-state index in [1.54, 1.807) is 12.0 Å². The number of methoxy groups -OCH3 is 1. The summed E-state index contributed by atoms with van der Waals surface area (Å²) in [5, 5.41) is 2.74. The molecule has 0 spiro atoms. The second kappa shape index (κ2) is 10.6. The lowest BCUT2D eigenvalue weighted by Crippen LogP contribution is -2.32. The van der Waals surface area contributed by atoms with Crippen LogP contribution in [0.2, 0.25) is 0 Å². The number of para-hydroxylation sites is 2. The number of nitrogens with zero attached hydrogens (tertiary/aromatic N) is 1.